The molecule has 3 atom stereocenters. The molecule has 0 bridgehead atoms. The van der Waals surface area contributed by atoms with Crippen molar-refractivity contribution in [1.29, 1.82) is 0 Å². The zero-order valence-corrected chi connectivity index (χ0v) is 9.66. The van der Waals surface area contributed by atoms with Crippen LogP contribution in [0.1, 0.15) is 19.8 Å². The predicted molar refractivity (Wildman–Crippen MR) is 64.2 cm³/mol. The Morgan fingerprint density at radius 3 is 2.85 bits per heavy atom. The third-order valence-corrected chi connectivity index (χ3v) is 5.70. The first kappa shape index (κ1) is 11.3. The third kappa shape index (κ3) is 3.12. The van der Waals surface area contributed by atoms with Crippen molar-refractivity contribution in [2.24, 2.45) is 5.73 Å². The molecule has 1 saturated heterocycles. The van der Waals surface area contributed by atoms with Gasteiger partial charge in [-0.1, -0.05) is 6.92 Å². The van der Waals surface area contributed by atoms with Crippen molar-refractivity contribution in [3.8, 4) is 12.3 Å². The van der Waals surface area contributed by atoms with Gasteiger partial charge in [-0.25, -0.2) is 0 Å². The van der Waals surface area contributed by atoms with Crippen LogP contribution in [-0.2, 0) is 0 Å². The van der Waals surface area contributed by atoms with Crippen LogP contribution in [0, 0.1) is 12.3 Å². The van der Waals surface area contributed by atoms with Crippen molar-refractivity contribution in [2.75, 3.05) is 11.5 Å². The van der Waals surface area contributed by atoms with E-state index >= 15 is 0 Å². The van der Waals surface area contributed by atoms with Crippen LogP contribution in [0.5, 0.6) is 0 Å². The van der Waals surface area contributed by atoms with E-state index in [1.165, 1.54) is 17.9 Å². The second-order valence-corrected chi connectivity index (χ2v) is 5.86. The molecule has 3 unspecified atom stereocenters. The van der Waals surface area contributed by atoms with E-state index in [1.807, 2.05) is 11.8 Å². The highest BCUT2D eigenvalue weighted by Crippen LogP contribution is 2.35. The standard InChI is InChI=1S/C10H17NS2/c1-3-5-8(11)10-9(4-2)12-6-7-13-10/h1,8-10H,4-7,11H2,2H3. The second-order valence-electron chi connectivity index (χ2n) is 3.23. The molecule has 74 valence electrons. The highest BCUT2D eigenvalue weighted by Gasteiger charge is 2.29. The Bertz CT molecular complexity index is 188. The predicted octanol–water partition coefficient (Wildman–Crippen LogP) is 1.96. The number of thioether (sulfide) groups is 2. The topological polar surface area (TPSA) is 26.0 Å². The van der Waals surface area contributed by atoms with E-state index in [1.54, 1.807) is 0 Å². The minimum absolute atomic E-state index is 0.188. The largest absolute Gasteiger partial charge is 0.326 e. The number of nitrogens with two attached hydrogens (primary N) is 1. The van der Waals surface area contributed by atoms with Crippen molar-refractivity contribution in [3.05, 3.63) is 0 Å². The van der Waals surface area contributed by atoms with Crippen molar-refractivity contribution in [3.63, 3.8) is 0 Å². The van der Waals surface area contributed by atoms with Crippen molar-refractivity contribution in [1.82, 2.24) is 0 Å². The van der Waals surface area contributed by atoms with Gasteiger partial charge in [0.15, 0.2) is 0 Å². The highest BCUT2D eigenvalue weighted by atomic mass is 32.2. The summed E-state index contributed by atoms with van der Waals surface area (Å²) in [5.41, 5.74) is 6.05. The molecule has 0 radical (unpaired) electrons. The molecule has 2 N–H and O–H groups in total. The summed E-state index contributed by atoms with van der Waals surface area (Å²) in [4.78, 5) is 0. The zero-order valence-electron chi connectivity index (χ0n) is 8.03. The minimum atomic E-state index is 0.188. The van der Waals surface area contributed by atoms with Gasteiger partial charge in [-0.2, -0.15) is 23.5 Å². The molecule has 1 aliphatic rings. The van der Waals surface area contributed by atoms with E-state index in [2.05, 4.69) is 24.6 Å². The molecule has 1 heterocycles. The van der Waals surface area contributed by atoms with Crippen molar-refractivity contribution in [2.45, 2.75) is 36.3 Å². The SMILES string of the molecule is C#CCC(N)C1SCCSC1CC. The molecule has 1 aliphatic heterocycles. The van der Waals surface area contributed by atoms with E-state index in [0.717, 1.165) is 0 Å². The van der Waals surface area contributed by atoms with Gasteiger partial charge in [-0.3, -0.25) is 0 Å². The maximum atomic E-state index is 6.05. The maximum Gasteiger partial charge on any atom is 0.0327 e. The van der Waals surface area contributed by atoms with Gasteiger partial charge in [0.05, 0.1) is 0 Å². The molecule has 3 heteroatoms. The van der Waals surface area contributed by atoms with Crippen LogP contribution in [0.2, 0.25) is 0 Å². The molecule has 1 nitrogen and oxygen atoms in total. The smallest absolute Gasteiger partial charge is 0.0327 e. The Balaban J connectivity index is 2.49. The monoisotopic (exact) mass is 215 g/mol. The Morgan fingerprint density at radius 1 is 1.54 bits per heavy atom. The van der Waals surface area contributed by atoms with Crippen LogP contribution in [0.4, 0.5) is 0 Å². The zero-order chi connectivity index (χ0) is 9.68. The summed E-state index contributed by atoms with van der Waals surface area (Å²) in [6, 6.07) is 0.188. The number of hydrogen-bond acceptors (Lipinski definition) is 3. The fraction of sp³-hybridized carbons (Fsp3) is 0.800. The number of rotatable bonds is 3. The minimum Gasteiger partial charge on any atom is -0.326 e. The lowest BCUT2D eigenvalue weighted by atomic mass is 10.1. The first-order valence-corrected chi connectivity index (χ1v) is 6.81. The van der Waals surface area contributed by atoms with Crippen LogP contribution in [-0.4, -0.2) is 28.0 Å². The molecule has 0 aliphatic carbocycles. The van der Waals surface area contributed by atoms with Crippen LogP contribution < -0.4 is 5.73 Å². The van der Waals surface area contributed by atoms with Gasteiger partial charge in [-0.15, -0.1) is 12.3 Å². The Hall–Kier alpha value is 0.220. The first-order chi connectivity index (χ1) is 6.29. The summed E-state index contributed by atoms with van der Waals surface area (Å²) in [6.07, 6.45) is 7.20. The molecule has 0 aromatic heterocycles. The van der Waals surface area contributed by atoms with Crippen LogP contribution >= 0.6 is 23.5 Å². The number of terminal acetylenes is 1. The van der Waals surface area contributed by atoms with Gasteiger partial charge < -0.3 is 5.73 Å². The molecular weight excluding hydrogens is 198 g/mol. The van der Waals surface area contributed by atoms with Gasteiger partial charge in [0.25, 0.3) is 0 Å². The summed E-state index contributed by atoms with van der Waals surface area (Å²) >= 11 is 4.06. The van der Waals surface area contributed by atoms with E-state index in [-0.39, 0.29) is 6.04 Å². The van der Waals surface area contributed by atoms with E-state index < -0.39 is 0 Å². The summed E-state index contributed by atoms with van der Waals surface area (Å²) in [7, 11) is 0. The summed E-state index contributed by atoms with van der Waals surface area (Å²) in [6.45, 7) is 2.24. The van der Waals surface area contributed by atoms with Gasteiger partial charge in [-0.05, 0) is 6.42 Å². The molecule has 0 aromatic rings. The second kappa shape index (κ2) is 5.85. The van der Waals surface area contributed by atoms with E-state index in [4.69, 9.17) is 12.2 Å². The average Bonchev–Trinajstić information content (AvgIpc) is 2.18. The normalized spacial score (nSPS) is 30.8. The molecule has 0 aromatic carbocycles. The molecule has 1 rings (SSSR count). The maximum absolute atomic E-state index is 6.05. The quantitative estimate of drug-likeness (QED) is 0.729. The lowest BCUT2D eigenvalue weighted by Crippen LogP contribution is -2.41. The van der Waals surface area contributed by atoms with E-state index in [0.29, 0.717) is 16.9 Å². The highest BCUT2D eigenvalue weighted by molar-refractivity contribution is 8.07. The third-order valence-electron chi connectivity index (χ3n) is 2.27. The Morgan fingerprint density at radius 2 is 2.23 bits per heavy atom. The molecule has 0 saturated carbocycles. The van der Waals surface area contributed by atoms with Crippen LogP contribution in [0.3, 0.4) is 0 Å². The average molecular weight is 215 g/mol. The van der Waals surface area contributed by atoms with Crippen molar-refractivity contribution >= 4 is 23.5 Å². The summed E-state index contributed by atoms with van der Waals surface area (Å²) < 4.78 is 0. The lowest BCUT2D eigenvalue weighted by Gasteiger charge is -2.33. The molecule has 1 fully saturated rings. The summed E-state index contributed by atoms with van der Waals surface area (Å²) in [5.74, 6) is 5.15. The fourth-order valence-electron chi connectivity index (χ4n) is 1.59. The molecule has 13 heavy (non-hydrogen) atoms. The van der Waals surface area contributed by atoms with Crippen molar-refractivity contribution < 1.29 is 0 Å². The Kier molecular flexibility index (Phi) is 5.08. The van der Waals surface area contributed by atoms with E-state index in [9.17, 15) is 0 Å². The fourth-order valence-corrected chi connectivity index (χ4v) is 4.78. The van der Waals surface area contributed by atoms with Gasteiger partial charge in [0.2, 0.25) is 0 Å². The molecular formula is C10H17NS2. The van der Waals surface area contributed by atoms with Crippen LogP contribution in [0.25, 0.3) is 0 Å². The molecule has 0 amide bonds. The lowest BCUT2D eigenvalue weighted by molar-refractivity contribution is 0.613. The van der Waals surface area contributed by atoms with Gasteiger partial charge >= 0.3 is 0 Å². The van der Waals surface area contributed by atoms with Crippen LogP contribution in [0.15, 0.2) is 0 Å². The van der Waals surface area contributed by atoms with Gasteiger partial charge in [0, 0.05) is 34.5 Å². The number of hydrogen-bond donors (Lipinski definition) is 1. The first-order valence-electron chi connectivity index (χ1n) is 4.71. The molecule has 0 spiro atoms. The summed E-state index contributed by atoms with van der Waals surface area (Å²) in [5, 5.41) is 1.28. The Labute approximate surface area is 89.6 Å². The van der Waals surface area contributed by atoms with Gasteiger partial charge in [0.1, 0.15) is 0 Å².